The fourth-order valence-corrected chi connectivity index (χ4v) is 4.21. The largest absolute Gasteiger partial charge is 0.452 e. The highest BCUT2D eigenvalue weighted by atomic mass is 32.2. The first-order valence-electron chi connectivity index (χ1n) is 5.97. The molecular weight excluding hydrogens is 277 g/mol. The number of esters is 1. The van der Waals surface area contributed by atoms with Crippen molar-refractivity contribution in [3.05, 3.63) is 29.8 Å². The highest BCUT2D eigenvalue weighted by Crippen LogP contribution is 2.23. The number of hydrogen-bond acceptors (Lipinski definition) is 2. The third-order valence-electron chi connectivity index (χ3n) is 2.82. The molecule has 1 aliphatic rings. The number of alkyl halides is 3. The van der Waals surface area contributed by atoms with Crippen LogP contribution < -0.4 is 0 Å². The van der Waals surface area contributed by atoms with Crippen molar-refractivity contribution < 1.29 is 22.7 Å². The smallest absolute Gasteiger partial charge is 0.422 e. The van der Waals surface area contributed by atoms with E-state index >= 15 is 0 Å². The minimum Gasteiger partial charge on any atom is -0.452 e. The van der Waals surface area contributed by atoms with Crippen molar-refractivity contribution in [1.82, 2.24) is 0 Å². The molecule has 2 rings (SSSR count). The van der Waals surface area contributed by atoms with Gasteiger partial charge in [0.1, 0.15) is 11.5 Å². The Bertz CT molecular complexity index is 436. The van der Waals surface area contributed by atoms with Gasteiger partial charge in [-0.05, 0) is 37.1 Å². The van der Waals surface area contributed by atoms with Crippen molar-refractivity contribution in [3.8, 4) is 0 Å². The van der Waals surface area contributed by atoms with Crippen molar-refractivity contribution in [2.24, 2.45) is 0 Å². The molecule has 1 fully saturated rings. The van der Waals surface area contributed by atoms with Crippen LogP contribution in [0.3, 0.4) is 0 Å². The molecule has 1 heterocycles. The van der Waals surface area contributed by atoms with Gasteiger partial charge in [-0.1, -0.05) is 0 Å². The Morgan fingerprint density at radius 3 is 2.26 bits per heavy atom. The van der Waals surface area contributed by atoms with Gasteiger partial charge >= 0.3 is 12.1 Å². The summed E-state index contributed by atoms with van der Waals surface area (Å²) < 4.78 is 40.0. The van der Waals surface area contributed by atoms with Crippen LogP contribution in [0.1, 0.15) is 23.2 Å². The molecule has 0 saturated carbocycles. The summed E-state index contributed by atoms with van der Waals surface area (Å²) >= 11 is 0. The monoisotopic (exact) mass is 291 g/mol. The summed E-state index contributed by atoms with van der Waals surface area (Å²) in [5.41, 5.74) is 0.163. The minimum absolute atomic E-state index is 0.163. The third-order valence-corrected chi connectivity index (χ3v) is 5.32. The zero-order chi connectivity index (χ0) is 13.9. The van der Waals surface area contributed by atoms with Crippen molar-refractivity contribution in [2.75, 3.05) is 18.1 Å². The molecule has 0 bridgehead atoms. The van der Waals surface area contributed by atoms with E-state index in [0.717, 1.165) is 11.5 Å². The lowest BCUT2D eigenvalue weighted by molar-refractivity contribution is -0.161. The second-order valence-corrected chi connectivity index (χ2v) is 6.60. The van der Waals surface area contributed by atoms with Gasteiger partial charge in [0.15, 0.2) is 11.5 Å². The average Bonchev–Trinajstić information content (AvgIpc) is 2.89. The molecule has 104 valence electrons. The van der Waals surface area contributed by atoms with Gasteiger partial charge in [0.05, 0.1) is 5.56 Å². The van der Waals surface area contributed by atoms with Gasteiger partial charge in [0.2, 0.25) is 0 Å². The summed E-state index contributed by atoms with van der Waals surface area (Å²) in [5, 5.41) is 0. The topological polar surface area (TPSA) is 26.3 Å². The first kappa shape index (κ1) is 14.2. The second kappa shape index (κ2) is 5.86. The first-order chi connectivity index (χ1) is 8.96. The maximum atomic E-state index is 11.9. The molecule has 0 amide bonds. The number of hydrogen-bond donors (Lipinski definition) is 0. The quantitative estimate of drug-likeness (QED) is 0.631. The molecule has 0 spiro atoms. The van der Waals surface area contributed by atoms with Crippen LogP contribution in [0, 0.1) is 0 Å². The molecule has 1 aromatic carbocycles. The molecule has 1 saturated heterocycles. The summed E-state index contributed by atoms with van der Waals surface area (Å²) in [6.45, 7) is -1.54. The summed E-state index contributed by atoms with van der Waals surface area (Å²) in [7, 11) is 0.238. The van der Waals surface area contributed by atoms with E-state index in [4.69, 9.17) is 0 Å². The average molecular weight is 291 g/mol. The van der Waals surface area contributed by atoms with E-state index in [1.165, 1.54) is 17.7 Å². The molecule has 1 aromatic rings. The minimum atomic E-state index is -4.49. The molecule has 19 heavy (non-hydrogen) atoms. The molecule has 1 aliphatic heterocycles. The van der Waals surface area contributed by atoms with E-state index in [-0.39, 0.29) is 16.5 Å². The predicted octanol–water partition coefficient (Wildman–Crippen LogP) is 3.18. The number of halogens is 3. The maximum Gasteiger partial charge on any atom is 0.422 e. The lowest BCUT2D eigenvalue weighted by atomic mass is 10.2. The van der Waals surface area contributed by atoms with Crippen molar-refractivity contribution in [3.63, 3.8) is 0 Å². The molecule has 0 aromatic heterocycles. The Morgan fingerprint density at radius 1 is 1.16 bits per heavy atom. The third kappa shape index (κ3) is 4.16. The highest BCUT2D eigenvalue weighted by Gasteiger charge is 2.30. The number of ether oxygens (including phenoxy) is 1. The van der Waals surface area contributed by atoms with Crippen LogP contribution in [-0.2, 0) is 15.6 Å². The predicted molar refractivity (Wildman–Crippen MR) is 67.4 cm³/mol. The van der Waals surface area contributed by atoms with Gasteiger partial charge in [-0.25, -0.2) is 4.79 Å². The van der Waals surface area contributed by atoms with Gasteiger partial charge in [0.25, 0.3) is 0 Å². The van der Waals surface area contributed by atoms with E-state index in [0.29, 0.717) is 0 Å². The standard InChI is InChI=1S/C13H14F3O2S/c14-13(15,16)9-18-12(17)10-3-5-11(6-4-10)19-7-1-2-8-19/h3-6H,1-2,7-9H2/q+1. The Labute approximate surface area is 112 Å². The van der Waals surface area contributed by atoms with Crippen LogP contribution in [0.25, 0.3) is 0 Å². The normalized spacial score (nSPS) is 16.6. The van der Waals surface area contributed by atoms with Gasteiger partial charge in [-0.15, -0.1) is 0 Å². The van der Waals surface area contributed by atoms with Gasteiger partial charge in [0, 0.05) is 10.9 Å². The fraction of sp³-hybridized carbons (Fsp3) is 0.462. The fourth-order valence-electron chi connectivity index (χ4n) is 1.90. The molecule has 0 radical (unpaired) electrons. The summed E-state index contributed by atoms with van der Waals surface area (Å²) in [5.74, 6) is 1.40. The second-order valence-electron chi connectivity index (χ2n) is 4.32. The Kier molecular flexibility index (Phi) is 4.39. The van der Waals surface area contributed by atoms with Crippen molar-refractivity contribution in [1.29, 1.82) is 0 Å². The number of carbonyl (C=O) groups excluding carboxylic acids is 1. The van der Waals surface area contributed by atoms with Crippen LogP contribution in [-0.4, -0.2) is 30.3 Å². The molecule has 0 N–H and O–H groups in total. The first-order valence-corrected chi connectivity index (χ1v) is 7.53. The highest BCUT2D eigenvalue weighted by molar-refractivity contribution is 7.97. The van der Waals surface area contributed by atoms with Crippen LogP contribution in [0.4, 0.5) is 13.2 Å². The molecule has 0 atom stereocenters. The van der Waals surface area contributed by atoms with E-state index in [1.807, 2.05) is 12.1 Å². The Hall–Kier alpha value is -1.17. The molecular formula is C13H14F3O2S+. The summed E-state index contributed by atoms with van der Waals surface area (Å²) in [6, 6.07) is 6.72. The van der Waals surface area contributed by atoms with Gasteiger partial charge < -0.3 is 4.74 Å². The maximum absolute atomic E-state index is 11.9. The van der Waals surface area contributed by atoms with Crippen LogP contribution in [0.15, 0.2) is 29.2 Å². The van der Waals surface area contributed by atoms with Crippen molar-refractivity contribution in [2.45, 2.75) is 23.9 Å². The zero-order valence-electron chi connectivity index (χ0n) is 10.2. The number of benzene rings is 1. The lowest BCUT2D eigenvalue weighted by Crippen LogP contribution is -2.20. The molecule has 0 unspecified atom stereocenters. The summed E-state index contributed by atoms with van der Waals surface area (Å²) in [6.07, 6.45) is -2.04. The van der Waals surface area contributed by atoms with Crippen LogP contribution in [0.2, 0.25) is 0 Å². The lowest BCUT2D eigenvalue weighted by Gasteiger charge is -2.07. The number of carbonyl (C=O) groups is 1. The van der Waals surface area contributed by atoms with Gasteiger partial charge in [-0.3, -0.25) is 0 Å². The molecule has 6 heteroatoms. The summed E-state index contributed by atoms with van der Waals surface area (Å²) in [4.78, 5) is 12.6. The van der Waals surface area contributed by atoms with E-state index in [1.54, 1.807) is 12.1 Å². The number of rotatable bonds is 3. The van der Waals surface area contributed by atoms with E-state index in [9.17, 15) is 18.0 Å². The van der Waals surface area contributed by atoms with Gasteiger partial charge in [-0.2, -0.15) is 13.2 Å². The van der Waals surface area contributed by atoms with Crippen molar-refractivity contribution >= 4 is 16.9 Å². The zero-order valence-corrected chi connectivity index (χ0v) is 11.0. The molecule has 2 nitrogen and oxygen atoms in total. The van der Waals surface area contributed by atoms with E-state index in [2.05, 4.69) is 4.74 Å². The molecule has 0 aliphatic carbocycles. The van der Waals surface area contributed by atoms with Crippen LogP contribution in [0.5, 0.6) is 0 Å². The SMILES string of the molecule is O=C(OCC(F)(F)F)c1ccc([S+]2CCCC2)cc1. The van der Waals surface area contributed by atoms with E-state index < -0.39 is 18.8 Å². The Morgan fingerprint density at radius 2 is 1.74 bits per heavy atom. The van der Waals surface area contributed by atoms with Crippen LogP contribution >= 0.6 is 0 Å². The Balaban J connectivity index is 1.95.